The van der Waals surface area contributed by atoms with E-state index in [1.54, 1.807) is 11.9 Å². The molecule has 1 atom stereocenters. The van der Waals surface area contributed by atoms with E-state index < -0.39 is 0 Å². The van der Waals surface area contributed by atoms with E-state index in [2.05, 4.69) is 4.99 Å². The molecule has 0 spiro atoms. The monoisotopic (exact) mass is 293 g/mol. The van der Waals surface area contributed by atoms with E-state index in [1.807, 2.05) is 26.8 Å². The minimum Gasteiger partial charge on any atom is -0.370 e. The third-order valence-electron chi connectivity index (χ3n) is 3.32. The van der Waals surface area contributed by atoms with Gasteiger partial charge in [-0.15, -0.1) is 0 Å². The number of halogens is 1. The number of rotatable bonds is 6. The Morgan fingerprint density at radius 2 is 2.10 bits per heavy atom. The summed E-state index contributed by atoms with van der Waals surface area (Å²) in [7, 11) is 1.80. The molecule has 0 fully saturated rings. The van der Waals surface area contributed by atoms with Crippen molar-refractivity contribution in [3.8, 4) is 0 Å². The largest absolute Gasteiger partial charge is 0.370 e. The highest BCUT2D eigenvalue weighted by atomic mass is 19.1. The Bertz CT molecular complexity index is 494. The molecule has 4 nitrogen and oxygen atoms in total. The highest BCUT2D eigenvalue weighted by molar-refractivity contribution is 5.78. The maximum absolute atomic E-state index is 13.4. The first-order chi connectivity index (χ1) is 9.83. The smallest absolute Gasteiger partial charge is 0.191 e. The summed E-state index contributed by atoms with van der Waals surface area (Å²) in [5, 5.41) is 0. The van der Waals surface area contributed by atoms with Crippen LogP contribution >= 0.6 is 0 Å². The number of hydrogen-bond acceptors (Lipinski definition) is 2. The topological polar surface area (TPSA) is 58.7 Å². The van der Waals surface area contributed by atoms with Crippen molar-refractivity contribution in [1.29, 1.82) is 0 Å². The van der Waals surface area contributed by atoms with Crippen molar-refractivity contribution in [1.82, 2.24) is 4.90 Å². The molecule has 0 aliphatic carbocycles. The van der Waals surface area contributed by atoms with Crippen molar-refractivity contribution in [2.24, 2.45) is 16.6 Å². The SMILES string of the molecule is Cc1cc(F)cc(CN(C)C(N)=NC(CC=O)C(C)C)c1. The second kappa shape index (κ2) is 7.76. The van der Waals surface area contributed by atoms with E-state index in [0.29, 0.717) is 18.9 Å². The van der Waals surface area contributed by atoms with E-state index in [1.165, 1.54) is 12.1 Å². The van der Waals surface area contributed by atoms with E-state index in [0.717, 1.165) is 17.4 Å². The number of hydrogen-bond donors (Lipinski definition) is 1. The van der Waals surface area contributed by atoms with E-state index in [9.17, 15) is 9.18 Å². The number of nitrogens with two attached hydrogens (primary N) is 1. The van der Waals surface area contributed by atoms with Gasteiger partial charge in [0, 0.05) is 20.0 Å². The number of aryl methyl sites for hydroxylation is 1. The molecule has 0 heterocycles. The molecule has 0 aromatic heterocycles. The van der Waals surface area contributed by atoms with Crippen LogP contribution in [-0.2, 0) is 11.3 Å². The van der Waals surface area contributed by atoms with Crippen molar-refractivity contribution < 1.29 is 9.18 Å². The summed E-state index contributed by atoms with van der Waals surface area (Å²) >= 11 is 0. The predicted octanol–water partition coefficient (Wildman–Crippen LogP) is 2.49. The minimum atomic E-state index is -0.255. The number of guanidine groups is 1. The zero-order chi connectivity index (χ0) is 16.0. The van der Waals surface area contributed by atoms with Gasteiger partial charge in [-0.05, 0) is 36.1 Å². The van der Waals surface area contributed by atoms with Gasteiger partial charge in [-0.1, -0.05) is 19.9 Å². The summed E-state index contributed by atoms with van der Waals surface area (Å²) < 4.78 is 13.4. The standard InChI is InChI=1S/C16H24FN3O/c1-11(2)15(5-6-21)19-16(18)20(4)10-13-7-12(3)8-14(17)9-13/h6-9,11,15H,5,10H2,1-4H3,(H2,18,19). The molecule has 0 saturated heterocycles. The Labute approximate surface area is 125 Å². The summed E-state index contributed by atoms with van der Waals surface area (Å²) in [6, 6.07) is 4.76. The third-order valence-corrected chi connectivity index (χ3v) is 3.32. The first-order valence-corrected chi connectivity index (χ1v) is 7.07. The highest BCUT2D eigenvalue weighted by Crippen LogP contribution is 2.12. The van der Waals surface area contributed by atoms with Crippen LogP contribution in [0.15, 0.2) is 23.2 Å². The van der Waals surface area contributed by atoms with E-state index in [-0.39, 0.29) is 17.8 Å². The third kappa shape index (κ3) is 5.53. The lowest BCUT2D eigenvalue weighted by Gasteiger charge is -2.22. The minimum absolute atomic E-state index is 0.126. The lowest BCUT2D eigenvalue weighted by Crippen LogP contribution is -2.35. The number of carbonyl (C=O) groups is 1. The van der Waals surface area contributed by atoms with Crippen LogP contribution in [0.25, 0.3) is 0 Å². The Hall–Kier alpha value is -1.91. The molecule has 0 saturated carbocycles. The first kappa shape index (κ1) is 17.1. The number of aldehydes is 1. The maximum atomic E-state index is 13.4. The predicted molar refractivity (Wildman–Crippen MR) is 83.5 cm³/mol. The highest BCUT2D eigenvalue weighted by Gasteiger charge is 2.13. The zero-order valence-electron chi connectivity index (χ0n) is 13.1. The molecule has 0 amide bonds. The molecule has 0 radical (unpaired) electrons. The summed E-state index contributed by atoms with van der Waals surface area (Å²) in [4.78, 5) is 16.8. The van der Waals surface area contributed by atoms with Crippen molar-refractivity contribution in [2.75, 3.05) is 7.05 Å². The van der Waals surface area contributed by atoms with Crippen LogP contribution in [0.2, 0.25) is 0 Å². The molecule has 0 bridgehead atoms. The van der Waals surface area contributed by atoms with Crippen LogP contribution in [0.4, 0.5) is 4.39 Å². The normalized spacial score (nSPS) is 13.3. The van der Waals surface area contributed by atoms with Gasteiger partial charge in [-0.25, -0.2) is 9.38 Å². The van der Waals surface area contributed by atoms with Crippen LogP contribution < -0.4 is 5.73 Å². The molecular weight excluding hydrogens is 269 g/mol. The fourth-order valence-corrected chi connectivity index (χ4v) is 2.10. The molecule has 5 heteroatoms. The maximum Gasteiger partial charge on any atom is 0.191 e. The van der Waals surface area contributed by atoms with E-state index in [4.69, 9.17) is 5.73 Å². The van der Waals surface area contributed by atoms with Crippen molar-refractivity contribution in [3.05, 3.63) is 35.1 Å². The quantitative estimate of drug-likeness (QED) is 0.498. The molecule has 1 aromatic carbocycles. The lowest BCUT2D eigenvalue weighted by atomic mass is 10.0. The summed E-state index contributed by atoms with van der Waals surface area (Å²) in [6.07, 6.45) is 1.21. The van der Waals surface area contributed by atoms with Gasteiger partial charge in [0.2, 0.25) is 0 Å². The molecule has 1 unspecified atom stereocenters. The van der Waals surface area contributed by atoms with Crippen molar-refractivity contribution in [3.63, 3.8) is 0 Å². The molecule has 0 aliphatic heterocycles. The molecule has 0 aliphatic rings. The molecule has 1 rings (SSSR count). The Morgan fingerprint density at radius 3 is 2.62 bits per heavy atom. The Balaban J connectivity index is 2.81. The van der Waals surface area contributed by atoms with Gasteiger partial charge >= 0.3 is 0 Å². The number of carbonyl (C=O) groups excluding carboxylic acids is 1. The molecule has 2 N–H and O–H groups in total. The lowest BCUT2D eigenvalue weighted by molar-refractivity contribution is -0.108. The number of benzene rings is 1. The second-order valence-electron chi connectivity index (χ2n) is 5.69. The first-order valence-electron chi connectivity index (χ1n) is 7.07. The molecule has 21 heavy (non-hydrogen) atoms. The van der Waals surface area contributed by atoms with Crippen LogP contribution in [0.1, 0.15) is 31.4 Å². The fraction of sp³-hybridized carbons (Fsp3) is 0.500. The zero-order valence-corrected chi connectivity index (χ0v) is 13.1. The van der Waals surface area contributed by atoms with Crippen LogP contribution in [-0.4, -0.2) is 30.2 Å². The average molecular weight is 293 g/mol. The summed E-state index contributed by atoms with van der Waals surface area (Å²) in [6.45, 7) is 6.32. The van der Waals surface area contributed by atoms with Gasteiger partial charge in [-0.3, -0.25) is 0 Å². The second-order valence-corrected chi connectivity index (χ2v) is 5.69. The molecule has 1 aromatic rings. The fourth-order valence-electron chi connectivity index (χ4n) is 2.10. The van der Waals surface area contributed by atoms with Gasteiger partial charge in [0.1, 0.15) is 12.1 Å². The molecule has 116 valence electrons. The van der Waals surface area contributed by atoms with Crippen molar-refractivity contribution >= 4 is 12.2 Å². The molecular formula is C16H24FN3O. The Morgan fingerprint density at radius 1 is 1.43 bits per heavy atom. The van der Waals surface area contributed by atoms with E-state index >= 15 is 0 Å². The van der Waals surface area contributed by atoms with Gasteiger partial charge < -0.3 is 15.4 Å². The average Bonchev–Trinajstić information content (AvgIpc) is 2.36. The van der Waals surface area contributed by atoms with Gasteiger partial charge in [0.05, 0.1) is 6.04 Å². The van der Waals surface area contributed by atoms with Gasteiger partial charge in [-0.2, -0.15) is 0 Å². The summed E-state index contributed by atoms with van der Waals surface area (Å²) in [5.41, 5.74) is 7.68. The van der Waals surface area contributed by atoms with Crippen LogP contribution in [0.5, 0.6) is 0 Å². The number of aliphatic imine (C=N–C) groups is 1. The summed E-state index contributed by atoms with van der Waals surface area (Å²) in [5.74, 6) is 0.339. The van der Waals surface area contributed by atoms with Crippen LogP contribution in [0, 0.1) is 18.7 Å². The van der Waals surface area contributed by atoms with Gasteiger partial charge in [0.15, 0.2) is 5.96 Å². The van der Waals surface area contributed by atoms with Crippen molar-refractivity contribution in [2.45, 2.75) is 39.8 Å². The van der Waals surface area contributed by atoms with Crippen LogP contribution in [0.3, 0.4) is 0 Å². The Kier molecular flexibility index (Phi) is 6.34. The number of nitrogens with zero attached hydrogens (tertiary/aromatic N) is 2. The van der Waals surface area contributed by atoms with Gasteiger partial charge in [0.25, 0.3) is 0 Å².